The standard InChI is InChI=1S/C15H29N3O2S/c1-6-21(19,20)11-7-10-18-14(5)15(13(4)17-18)8-9-16-12(2)3/h12,16H,6-11H2,1-5H3. The molecule has 0 fully saturated rings. The molecule has 0 atom stereocenters. The van der Waals surface area contributed by atoms with E-state index in [4.69, 9.17) is 0 Å². The van der Waals surface area contributed by atoms with Crippen LogP contribution in [-0.4, -0.2) is 42.3 Å². The van der Waals surface area contributed by atoms with E-state index >= 15 is 0 Å². The molecule has 0 amide bonds. The number of sulfone groups is 1. The van der Waals surface area contributed by atoms with Gasteiger partial charge in [0.2, 0.25) is 0 Å². The van der Waals surface area contributed by atoms with Gasteiger partial charge in [-0.3, -0.25) is 4.68 Å². The number of hydrogen-bond acceptors (Lipinski definition) is 4. The second kappa shape index (κ2) is 7.94. The molecule has 1 aromatic heterocycles. The van der Waals surface area contributed by atoms with Gasteiger partial charge in [-0.15, -0.1) is 0 Å². The van der Waals surface area contributed by atoms with Gasteiger partial charge in [0, 0.05) is 24.0 Å². The Kier molecular flexibility index (Phi) is 6.87. The molecule has 0 aliphatic rings. The lowest BCUT2D eigenvalue weighted by atomic mass is 10.1. The van der Waals surface area contributed by atoms with Crippen molar-refractivity contribution in [3.63, 3.8) is 0 Å². The Bertz CT molecular complexity index is 548. The first-order valence-electron chi connectivity index (χ1n) is 7.73. The van der Waals surface area contributed by atoms with Crippen molar-refractivity contribution < 1.29 is 8.42 Å². The van der Waals surface area contributed by atoms with Crippen LogP contribution in [-0.2, 0) is 22.8 Å². The van der Waals surface area contributed by atoms with Crippen molar-refractivity contribution in [3.05, 3.63) is 17.0 Å². The molecule has 6 heteroatoms. The molecular weight excluding hydrogens is 286 g/mol. The highest BCUT2D eigenvalue weighted by Gasteiger charge is 2.12. The first-order chi connectivity index (χ1) is 9.76. The van der Waals surface area contributed by atoms with E-state index < -0.39 is 9.84 Å². The summed E-state index contributed by atoms with van der Waals surface area (Å²) < 4.78 is 25.0. The minimum atomic E-state index is -2.88. The third-order valence-corrected chi connectivity index (χ3v) is 5.51. The minimum Gasteiger partial charge on any atom is -0.314 e. The van der Waals surface area contributed by atoms with Gasteiger partial charge in [0.05, 0.1) is 11.4 Å². The van der Waals surface area contributed by atoms with Crippen LogP contribution in [0.1, 0.15) is 44.1 Å². The Morgan fingerprint density at radius 2 is 1.95 bits per heavy atom. The summed E-state index contributed by atoms with van der Waals surface area (Å²) in [6.45, 7) is 11.7. The molecule has 0 unspecified atom stereocenters. The first kappa shape index (κ1) is 18.2. The van der Waals surface area contributed by atoms with Crippen LogP contribution in [0.2, 0.25) is 0 Å². The molecule has 21 heavy (non-hydrogen) atoms. The van der Waals surface area contributed by atoms with Crippen LogP contribution >= 0.6 is 0 Å². The van der Waals surface area contributed by atoms with Crippen molar-refractivity contribution in [1.82, 2.24) is 15.1 Å². The van der Waals surface area contributed by atoms with E-state index in [9.17, 15) is 8.42 Å². The van der Waals surface area contributed by atoms with Crippen molar-refractivity contribution in [1.29, 1.82) is 0 Å². The van der Waals surface area contributed by atoms with Crippen LogP contribution in [0.3, 0.4) is 0 Å². The maximum atomic E-state index is 11.5. The average Bonchev–Trinajstić information content (AvgIpc) is 2.66. The number of nitrogens with zero attached hydrogens (tertiary/aromatic N) is 2. The van der Waals surface area contributed by atoms with Crippen LogP contribution in [0.15, 0.2) is 0 Å². The van der Waals surface area contributed by atoms with E-state index in [1.54, 1.807) is 6.92 Å². The molecule has 0 spiro atoms. The highest BCUT2D eigenvalue weighted by atomic mass is 32.2. The molecule has 1 rings (SSSR count). The molecule has 1 heterocycles. The summed E-state index contributed by atoms with van der Waals surface area (Å²) in [5.41, 5.74) is 3.49. The zero-order valence-electron chi connectivity index (χ0n) is 13.9. The molecular formula is C15H29N3O2S. The Morgan fingerprint density at radius 3 is 2.52 bits per heavy atom. The Balaban J connectivity index is 2.61. The van der Waals surface area contributed by atoms with Gasteiger partial charge in [0.25, 0.3) is 0 Å². The van der Waals surface area contributed by atoms with E-state index in [-0.39, 0.29) is 11.5 Å². The summed E-state index contributed by atoms with van der Waals surface area (Å²) >= 11 is 0. The fourth-order valence-corrected chi connectivity index (χ4v) is 3.24. The van der Waals surface area contributed by atoms with Crippen LogP contribution in [0, 0.1) is 13.8 Å². The Morgan fingerprint density at radius 1 is 1.29 bits per heavy atom. The molecule has 0 radical (unpaired) electrons. The molecule has 5 nitrogen and oxygen atoms in total. The summed E-state index contributed by atoms with van der Waals surface area (Å²) in [7, 11) is -2.88. The molecule has 1 N–H and O–H groups in total. The summed E-state index contributed by atoms with van der Waals surface area (Å²) in [6.07, 6.45) is 1.59. The maximum Gasteiger partial charge on any atom is 0.150 e. The summed E-state index contributed by atoms with van der Waals surface area (Å²) in [5, 5.41) is 7.96. The van der Waals surface area contributed by atoms with Gasteiger partial charge in [-0.25, -0.2) is 8.42 Å². The van der Waals surface area contributed by atoms with Crippen molar-refractivity contribution in [2.24, 2.45) is 0 Å². The smallest absolute Gasteiger partial charge is 0.150 e. The van der Waals surface area contributed by atoms with E-state index in [1.807, 2.05) is 11.6 Å². The number of aryl methyl sites for hydroxylation is 2. The van der Waals surface area contributed by atoms with Crippen molar-refractivity contribution in [2.75, 3.05) is 18.1 Å². The van der Waals surface area contributed by atoms with Gasteiger partial charge in [0.1, 0.15) is 9.84 Å². The van der Waals surface area contributed by atoms with E-state index in [1.165, 1.54) is 5.56 Å². The number of rotatable bonds is 9. The second-order valence-corrected chi connectivity index (χ2v) is 8.29. The zero-order chi connectivity index (χ0) is 16.0. The summed E-state index contributed by atoms with van der Waals surface area (Å²) in [6, 6.07) is 0.486. The van der Waals surface area contributed by atoms with Crippen LogP contribution in [0.25, 0.3) is 0 Å². The third kappa shape index (κ3) is 5.79. The van der Waals surface area contributed by atoms with E-state index in [0.29, 0.717) is 19.0 Å². The molecule has 122 valence electrons. The molecule has 0 aromatic carbocycles. The molecule has 0 bridgehead atoms. The fraction of sp³-hybridized carbons (Fsp3) is 0.800. The summed E-state index contributed by atoms with van der Waals surface area (Å²) in [4.78, 5) is 0. The molecule has 0 saturated heterocycles. The lowest BCUT2D eigenvalue weighted by Gasteiger charge is -2.08. The first-order valence-corrected chi connectivity index (χ1v) is 9.55. The molecule has 0 saturated carbocycles. The number of nitrogens with one attached hydrogen (secondary N) is 1. The van der Waals surface area contributed by atoms with Crippen molar-refractivity contribution in [2.45, 2.75) is 60.0 Å². The van der Waals surface area contributed by atoms with Gasteiger partial charge in [-0.1, -0.05) is 20.8 Å². The highest BCUT2D eigenvalue weighted by molar-refractivity contribution is 7.91. The van der Waals surface area contributed by atoms with Gasteiger partial charge in [-0.2, -0.15) is 5.10 Å². The molecule has 1 aromatic rings. The second-order valence-electron chi connectivity index (χ2n) is 5.82. The fourth-order valence-electron chi connectivity index (χ4n) is 2.38. The van der Waals surface area contributed by atoms with Gasteiger partial charge >= 0.3 is 0 Å². The predicted octanol–water partition coefficient (Wildman–Crippen LogP) is 1.87. The van der Waals surface area contributed by atoms with Crippen molar-refractivity contribution in [3.8, 4) is 0 Å². The van der Waals surface area contributed by atoms with Crippen molar-refractivity contribution >= 4 is 9.84 Å². The van der Waals surface area contributed by atoms with E-state index in [2.05, 4.69) is 31.2 Å². The number of aromatic nitrogens is 2. The van der Waals surface area contributed by atoms with Gasteiger partial charge < -0.3 is 5.32 Å². The summed E-state index contributed by atoms with van der Waals surface area (Å²) in [5.74, 6) is 0.461. The van der Waals surface area contributed by atoms with E-state index in [0.717, 1.165) is 24.4 Å². The highest BCUT2D eigenvalue weighted by Crippen LogP contribution is 2.14. The molecule has 0 aliphatic heterocycles. The monoisotopic (exact) mass is 315 g/mol. The predicted molar refractivity (Wildman–Crippen MR) is 87.5 cm³/mol. The Hall–Kier alpha value is -0.880. The third-order valence-electron chi connectivity index (χ3n) is 3.72. The normalized spacial score (nSPS) is 12.3. The van der Waals surface area contributed by atoms with Crippen LogP contribution < -0.4 is 5.32 Å². The quantitative estimate of drug-likeness (QED) is 0.755. The van der Waals surface area contributed by atoms with Crippen LogP contribution in [0.4, 0.5) is 0 Å². The maximum absolute atomic E-state index is 11.5. The topological polar surface area (TPSA) is 64.0 Å². The van der Waals surface area contributed by atoms with Crippen LogP contribution in [0.5, 0.6) is 0 Å². The van der Waals surface area contributed by atoms with Gasteiger partial charge in [0.15, 0.2) is 0 Å². The zero-order valence-corrected chi connectivity index (χ0v) is 14.8. The number of hydrogen-bond donors (Lipinski definition) is 1. The SMILES string of the molecule is CCS(=O)(=O)CCCn1nc(C)c(CCNC(C)C)c1C. The average molecular weight is 315 g/mol. The minimum absolute atomic E-state index is 0.218. The lowest BCUT2D eigenvalue weighted by molar-refractivity contribution is 0.563. The Labute approximate surface area is 129 Å². The largest absolute Gasteiger partial charge is 0.314 e. The lowest BCUT2D eigenvalue weighted by Crippen LogP contribution is -2.25. The molecule has 0 aliphatic carbocycles. The van der Waals surface area contributed by atoms with Gasteiger partial charge in [-0.05, 0) is 38.8 Å².